The first-order valence-corrected chi connectivity index (χ1v) is 11.1. The zero-order valence-corrected chi connectivity index (χ0v) is 17.5. The second-order valence-electron chi connectivity index (χ2n) is 7.04. The quantitative estimate of drug-likeness (QED) is 0.729. The molecular weight excluding hydrogens is 388 g/mol. The van der Waals surface area contributed by atoms with E-state index in [0.717, 1.165) is 36.1 Å². The predicted octanol–water partition coefficient (Wildman–Crippen LogP) is 3.83. The van der Waals surface area contributed by atoms with Crippen molar-refractivity contribution in [3.63, 3.8) is 0 Å². The highest BCUT2D eigenvalue weighted by molar-refractivity contribution is 7.89. The van der Waals surface area contributed by atoms with Crippen molar-refractivity contribution >= 4 is 27.7 Å². The van der Waals surface area contributed by atoms with Gasteiger partial charge in [-0.2, -0.15) is 4.31 Å². The second kappa shape index (κ2) is 9.24. The Bertz CT molecular complexity index is 992. The second-order valence-corrected chi connectivity index (χ2v) is 8.98. The summed E-state index contributed by atoms with van der Waals surface area (Å²) in [4.78, 5) is 12.5. The highest BCUT2D eigenvalue weighted by atomic mass is 32.2. The number of carbonyl (C=O) groups excluding carboxylic acids is 1. The fourth-order valence-electron chi connectivity index (χ4n) is 3.21. The normalized spacial score (nSPS) is 15.4. The molecule has 0 atom stereocenters. The maximum Gasteiger partial charge on any atom is 0.248 e. The van der Waals surface area contributed by atoms with E-state index < -0.39 is 10.0 Å². The van der Waals surface area contributed by atoms with Crippen LogP contribution in [0.25, 0.3) is 6.08 Å². The summed E-state index contributed by atoms with van der Waals surface area (Å²) in [6.07, 6.45) is 5.93. The maximum absolute atomic E-state index is 12.9. The van der Waals surface area contributed by atoms with E-state index >= 15 is 0 Å². The molecule has 1 aliphatic heterocycles. The number of carbonyl (C=O) groups is 1. The maximum atomic E-state index is 12.9. The summed E-state index contributed by atoms with van der Waals surface area (Å²) < 4.78 is 32.4. The molecule has 0 saturated carbocycles. The van der Waals surface area contributed by atoms with Gasteiger partial charge in [0.1, 0.15) is 5.75 Å². The number of methoxy groups -OCH3 is 1. The van der Waals surface area contributed by atoms with Gasteiger partial charge in [0.05, 0.1) is 12.0 Å². The van der Waals surface area contributed by atoms with Crippen molar-refractivity contribution in [2.24, 2.45) is 0 Å². The Hall–Kier alpha value is -2.64. The fraction of sp³-hybridized carbons (Fsp3) is 0.318. The number of amides is 1. The lowest BCUT2D eigenvalue weighted by Crippen LogP contribution is -2.35. The molecule has 29 heavy (non-hydrogen) atoms. The van der Waals surface area contributed by atoms with Crippen LogP contribution in [0.3, 0.4) is 0 Å². The average molecular weight is 415 g/mol. The SMILES string of the molecule is COc1ccc(/C=C/C(=O)Nc2cc(S(=O)(=O)N3CCCCC3)ccc2C)cc1. The summed E-state index contributed by atoms with van der Waals surface area (Å²) in [7, 11) is -1.95. The van der Waals surface area contributed by atoms with Crippen LogP contribution in [0.2, 0.25) is 0 Å². The fourth-order valence-corrected chi connectivity index (χ4v) is 4.76. The molecule has 0 radical (unpaired) electrons. The van der Waals surface area contributed by atoms with Crippen molar-refractivity contribution < 1.29 is 17.9 Å². The first kappa shape index (κ1) is 21.1. The number of nitrogens with zero attached hydrogens (tertiary/aromatic N) is 1. The highest BCUT2D eigenvalue weighted by Gasteiger charge is 2.26. The standard InChI is InChI=1S/C22H26N2O4S/c1-17-6-12-20(29(26,27)24-14-4-3-5-15-24)16-21(17)23-22(25)13-9-18-7-10-19(28-2)11-8-18/h6-13,16H,3-5,14-15H2,1-2H3,(H,23,25)/b13-9+. The van der Waals surface area contributed by atoms with Gasteiger partial charge in [-0.3, -0.25) is 4.79 Å². The Kier molecular flexibility index (Phi) is 6.71. The smallest absolute Gasteiger partial charge is 0.248 e. The minimum absolute atomic E-state index is 0.208. The zero-order chi connectivity index (χ0) is 20.9. The van der Waals surface area contributed by atoms with Crippen LogP contribution < -0.4 is 10.1 Å². The molecule has 0 aliphatic carbocycles. The van der Waals surface area contributed by atoms with Gasteiger partial charge in [-0.15, -0.1) is 0 Å². The minimum Gasteiger partial charge on any atom is -0.497 e. The molecule has 2 aromatic rings. The van der Waals surface area contributed by atoms with Crippen LogP contribution in [0.4, 0.5) is 5.69 Å². The van der Waals surface area contributed by atoms with Gasteiger partial charge in [0.25, 0.3) is 0 Å². The number of anilines is 1. The van der Waals surface area contributed by atoms with Gasteiger partial charge in [-0.05, 0) is 61.2 Å². The molecule has 1 N–H and O–H groups in total. The molecule has 0 unspecified atom stereocenters. The van der Waals surface area contributed by atoms with Crippen LogP contribution in [0.15, 0.2) is 53.4 Å². The van der Waals surface area contributed by atoms with Crippen molar-refractivity contribution in [2.45, 2.75) is 31.1 Å². The Balaban J connectivity index is 1.73. The number of nitrogens with one attached hydrogen (secondary N) is 1. The van der Waals surface area contributed by atoms with E-state index in [1.165, 1.54) is 10.4 Å². The lowest BCUT2D eigenvalue weighted by molar-refractivity contribution is -0.111. The zero-order valence-electron chi connectivity index (χ0n) is 16.7. The van der Waals surface area contributed by atoms with E-state index in [0.29, 0.717) is 18.8 Å². The Morgan fingerprint density at radius 2 is 1.76 bits per heavy atom. The van der Waals surface area contributed by atoms with Crippen molar-refractivity contribution in [2.75, 3.05) is 25.5 Å². The summed E-state index contributed by atoms with van der Waals surface area (Å²) in [6.45, 7) is 2.92. The third kappa shape index (κ3) is 5.25. The molecule has 154 valence electrons. The number of rotatable bonds is 6. The lowest BCUT2D eigenvalue weighted by atomic mass is 10.2. The van der Waals surface area contributed by atoms with E-state index in [4.69, 9.17) is 4.74 Å². The van der Waals surface area contributed by atoms with Crippen LogP contribution in [-0.4, -0.2) is 38.8 Å². The number of hydrogen-bond donors (Lipinski definition) is 1. The van der Waals surface area contributed by atoms with Gasteiger partial charge in [-0.25, -0.2) is 8.42 Å². The van der Waals surface area contributed by atoms with Gasteiger partial charge in [0.15, 0.2) is 0 Å². The third-order valence-corrected chi connectivity index (χ3v) is 6.86. The average Bonchev–Trinajstić information content (AvgIpc) is 2.74. The molecule has 1 heterocycles. The largest absolute Gasteiger partial charge is 0.497 e. The number of aryl methyl sites for hydroxylation is 1. The monoisotopic (exact) mass is 414 g/mol. The van der Waals surface area contributed by atoms with Crippen LogP contribution >= 0.6 is 0 Å². The van der Waals surface area contributed by atoms with E-state index in [2.05, 4.69) is 5.32 Å². The lowest BCUT2D eigenvalue weighted by Gasteiger charge is -2.26. The van der Waals surface area contributed by atoms with Gasteiger partial charge in [0, 0.05) is 24.9 Å². The van der Waals surface area contributed by atoms with Gasteiger partial charge >= 0.3 is 0 Å². The Morgan fingerprint density at radius 3 is 2.41 bits per heavy atom. The molecular formula is C22H26N2O4S. The molecule has 1 aliphatic rings. The number of benzene rings is 2. The van der Waals surface area contributed by atoms with Crippen LogP contribution in [0, 0.1) is 6.92 Å². The highest BCUT2D eigenvalue weighted by Crippen LogP contribution is 2.25. The van der Waals surface area contributed by atoms with Crippen molar-refractivity contribution in [3.05, 3.63) is 59.7 Å². The van der Waals surface area contributed by atoms with E-state index in [-0.39, 0.29) is 10.8 Å². The van der Waals surface area contributed by atoms with E-state index in [1.807, 2.05) is 31.2 Å². The molecule has 0 spiro atoms. The Morgan fingerprint density at radius 1 is 1.07 bits per heavy atom. The van der Waals surface area contributed by atoms with Gasteiger partial charge in [0.2, 0.25) is 15.9 Å². The molecule has 1 saturated heterocycles. The molecule has 0 bridgehead atoms. The summed E-state index contributed by atoms with van der Waals surface area (Å²) in [5.74, 6) is 0.422. The van der Waals surface area contributed by atoms with Crippen LogP contribution in [-0.2, 0) is 14.8 Å². The summed E-state index contributed by atoms with van der Waals surface area (Å²) >= 11 is 0. The third-order valence-electron chi connectivity index (χ3n) is 4.96. The van der Waals surface area contributed by atoms with Gasteiger partial charge in [-0.1, -0.05) is 24.6 Å². The summed E-state index contributed by atoms with van der Waals surface area (Å²) in [6, 6.07) is 12.2. The molecule has 1 fully saturated rings. The summed E-state index contributed by atoms with van der Waals surface area (Å²) in [5, 5.41) is 2.79. The molecule has 6 nitrogen and oxygen atoms in total. The number of sulfonamides is 1. The van der Waals surface area contributed by atoms with E-state index in [1.54, 1.807) is 31.4 Å². The molecule has 2 aromatic carbocycles. The van der Waals surface area contributed by atoms with Gasteiger partial charge < -0.3 is 10.1 Å². The van der Waals surface area contributed by atoms with Crippen molar-refractivity contribution in [1.29, 1.82) is 0 Å². The number of hydrogen-bond acceptors (Lipinski definition) is 4. The topological polar surface area (TPSA) is 75.7 Å². The number of piperidine rings is 1. The minimum atomic E-state index is -3.55. The Labute approximate surface area is 172 Å². The van der Waals surface area contributed by atoms with E-state index in [9.17, 15) is 13.2 Å². The molecule has 3 rings (SSSR count). The van der Waals surface area contributed by atoms with Crippen LogP contribution in [0.5, 0.6) is 5.75 Å². The molecule has 7 heteroatoms. The first-order chi connectivity index (χ1) is 13.9. The van der Waals surface area contributed by atoms with Crippen molar-refractivity contribution in [1.82, 2.24) is 4.31 Å². The number of ether oxygens (including phenoxy) is 1. The molecule has 1 amide bonds. The first-order valence-electron chi connectivity index (χ1n) is 9.64. The van der Waals surface area contributed by atoms with Crippen molar-refractivity contribution in [3.8, 4) is 5.75 Å². The predicted molar refractivity (Wildman–Crippen MR) is 114 cm³/mol. The molecule has 0 aromatic heterocycles. The summed E-state index contributed by atoms with van der Waals surface area (Å²) in [5.41, 5.74) is 2.15. The van der Waals surface area contributed by atoms with Crippen LogP contribution in [0.1, 0.15) is 30.4 Å².